The number of nitrogens with zero attached hydrogens (tertiary/aromatic N) is 1. The second-order valence-electron chi connectivity index (χ2n) is 6.04. The van der Waals surface area contributed by atoms with Crippen molar-refractivity contribution in [3.63, 3.8) is 0 Å². The summed E-state index contributed by atoms with van der Waals surface area (Å²) in [6.45, 7) is -1.34. The zero-order valence-electron chi connectivity index (χ0n) is 15.2. The molecule has 164 valence electrons. The minimum atomic E-state index is -4.39. The first-order chi connectivity index (χ1) is 14.1. The van der Waals surface area contributed by atoms with Crippen LogP contribution < -0.4 is 10.0 Å². The van der Waals surface area contributed by atoms with E-state index in [1.54, 1.807) is 29.6 Å². The summed E-state index contributed by atoms with van der Waals surface area (Å²) in [5.41, 5.74) is -2.51. The van der Waals surface area contributed by atoms with Gasteiger partial charge in [-0.1, -0.05) is 30.3 Å². The van der Waals surface area contributed by atoms with Gasteiger partial charge >= 0.3 is 11.9 Å². The van der Waals surface area contributed by atoms with E-state index in [9.17, 15) is 36.2 Å². The van der Waals surface area contributed by atoms with Gasteiger partial charge in [0.2, 0.25) is 0 Å². The minimum Gasteiger partial charge on any atom is -0.386 e. The lowest BCUT2D eigenvalue weighted by Crippen LogP contribution is -2.43. The highest BCUT2D eigenvalue weighted by Crippen LogP contribution is 2.28. The standard InChI is InChI=1S/C18H17F6N3O2S/c19-7-14(27-17(29)16(20)21)15(28)11-3-1-10(2-4-11)12-5-6-13(25-8-12)9-26-30-18(22,23)24/h1-6,8,14-16,26,28H,7,9H2,(H,27,29). The first kappa shape index (κ1) is 24.0. The summed E-state index contributed by atoms with van der Waals surface area (Å²) in [6.07, 6.45) is -3.41. The van der Waals surface area contributed by atoms with E-state index in [1.807, 2.05) is 0 Å². The van der Waals surface area contributed by atoms with Gasteiger partial charge < -0.3 is 10.4 Å². The SMILES string of the molecule is O=C(NC(CF)C(O)c1ccc(-c2ccc(CNSC(F)(F)F)nc2)cc1)C(F)F. The van der Waals surface area contributed by atoms with Gasteiger partial charge in [0, 0.05) is 30.3 Å². The molecule has 0 radical (unpaired) electrons. The molecule has 0 saturated heterocycles. The molecular weight excluding hydrogens is 436 g/mol. The van der Waals surface area contributed by atoms with Crippen molar-refractivity contribution < 1.29 is 36.2 Å². The molecule has 1 heterocycles. The molecule has 12 heteroatoms. The second kappa shape index (κ2) is 10.6. The van der Waals surface area contributed by atoms with E-state index >= 15 is 0 Å². The molecule has 1 aromatic carbocycles. The van der Waals surface area contributed by atoms with Gasteiger partial charge in [-0.15, -0.1) is 0 Å². The smallest absolute Gasteiger partial charge is 0.386 e. The minimum absolute atomic E-state index is 0.0927. The van der Waals surface area contributed by atoms with Gasteiger partial charge in [0.1, 0.15) is 12.8 Å². The number of alkyl halides is 6. The number of hydrogen-bond acceptors (Lipinski definition) is 5. The van der Waals surface area contributed by atoms with E-state index in [0.717, 1.165) is 0 Å². The summed E-state index contributed by atoms with van der Waals surface area (Å²) < 4.78 is 76.1. The number of amides is 1. The molecule has 2 aromatic rings. The van der Waals surface area contributed by atoms with Gasteiger partial charge in [-0.2, -0.15) is 22.0 Å². The number of pyridine rings is 1. The predicted molar refractivity (Wildman–Crippen MR) is 99.0 cm³/mol. The van der Waals surface area contributed by atoms with Crippen LogP contribution in [0, 0.1) is 0 Å². The Balaban J connectivity index is 2.01. The number of carbonyl (C=O) groups excluding carboxylic acids is 1. The highest BCUT2D eigenvalue weighted by Gasteiger charge is 2.28. The lowest BCUT2D eigenvalue weighted by atomic mass is 9.99. The number of benzene rings is 1. The van der Waals surface area contributed by atoms with Crippen LogP contribution in [0.1, 0.15) is 17.4 Å². The number of nitrogens with one attached hydrogen (secondary N) is 2. The number of halogens is 6. The molecule has 0 aliphatic rings. The molecular formula is C18H17F6N3O2S. The van der Waals surface area contributed by atoms with Gasteiger partial charge in [-0.05, 0) is 17.2 Å². The third kappa shape index (κ3) is 7.18. The molecule has 1 aromatic heterocycles. The molecule has 2 unspecified atom stereocenters. The van der Waals surface area contributed by atoms with Crippen LogP contribution in [0.4, 0.5) is 26.3 Å². The van der Waals surface area contributed by atoms with Crippen molar-refractivity contribution in [3.05, 3.63) is 53.9 Å². The summed E-state index contributed by atoms with van der Waals surface area (Å²) in [4.78, 5) is 15.1. The molecule has 0 bridgehead atoms. The largest absolute Gasteiger partial charge is 0.456 e. The molecule has 30 heavy (non-hydrogen) atoms. The Kier molecular flexibility index (Phi) is 8.50. The molecule has 2 atom stereocenters. The fourth-order valence-electron chi connectivity index (χ4n) is 2.44. The normalized spacial score (nSPS) is 13.9. The van der Waals surface area contributed by atoms with Gasteiger partial charge in [-0.25, -0.2) is 4.39 Å². The maximum Gasteiger partial charge on any atom is 0.456 e. The Hall–Kier alpha value is -2.31. The fourth-order valence-corrected chi connectivity index (χ4v) is 2.83. The summed E-state index contributed by atoms with van der Waals surface area (Å²) in [6, 6.07) is 7.66. The lowest BCUT2D eigenvalue weighted by Gasteiger charge is -2.22. The van der Waals surface area contributed by atoms with Crippen molar-refractivity contribution in [2.24, 2.45) is 0 Å². The zero-order valence-corrected chi connectivity index (χ0v) is 16.0. The average Bonchev–Trinajstić information content (AvgIpc) is 2.71. The molecule has 5 nitrogen and oxygen atoms in total. The van der Waals surface area contributed by atoms with Crippen LogP contribution in [-0.2, 0) is 11.3 Å². The Morgan fingerprint density at radius 2 is 1.73 bits per heavy atom. The van der Waals surface area contributed by atoms with Crippen LogP contribution in [0.2, 0.25) is 0 Å². The van der Waals surface area contributed by atoms with Crippen LogP contribution in [0.3, 0.4) is 0 Å². The van der Waals surface area contributed by atoms with Crippen molar-refractivity contribution in [1.29, 1.82) is 0 Å². The van der Waals surface area contributed by atoms with Gasteiger partial charge in [0.25, 0.3) is 5.91 Å². The predicted octanol–water partition coefficient (Wildman–Crippen LogP) is 3.76. The van der Waals surface area contributed by atoms with E-state index < -0.39 is 36.7 Å². The molecule has 3 N–H and O–H groups in total. The number of aliphatic hydroxyl groups is 1. The van der Waals surface area contributed by atoms with Crippen LogP contribution in [0.25, 0.3) is 11.1 Å². The maximum absolute atomic E-state index is 13.1. The Morgan fingerprint density at radius 3 is 2.23 bits per heavy atom. The summed E-state index contributed by atoms with van der Waals surface area (Å²) in [5.74, 6) is -1.68. The van der Waals surface area contributed by atoms with E-state index in [2.05, 4.69) is 9.71 Å². The number of carbonyl (C=O) groups is 1. The molecule has 1 amide bonds. The van der Waals surface area contributed by atoms with Crippen molar-refractivity contribution in [1.82, 2.24) is 15.0 Å². The first-order valence-corrected chi connectivity index (χ1v) is 9.27. The molecule has 0 spiro atoms. The summed E-state index contributed by atoms with van der Waals surface area (Å²) in [7, 11) is 0. The molecule has 0 aliphatic heterocycles. The molecule has 0 aliphatic carbocycles. The quantitative estimate of drug-likeness (QED) is 0.398. The first-order valence-electron chi connectivity index (χ1n) is 8.46. The average molecular weight is 453 g/mol. The van der Waals surface area contributed by atoms with Gasteiger partial charge in [0.15, 0.2) is 0 Å². The highest BCUT2D eigenvalue weighted by molar-refractivity contribution is 7.98. The molecule has 0 fully saturated rings. The van der Waals surface area contributed by atoms with Crippen LogP contribution in [0.15, 0.2) is 42.6 Å². The van der Waals surface area contributed by atoms with E-state index in [4.69, 9.17) is 0 Å². The van der Waals surface area contributed by atoms with Crippen molar-refractivity contribution in [2.45, 2.75) is 30.6 Å². The van der Waals surface area contributed by atoms with Gasteiger partial charge in [-0.3, -0.25) is 14.5 Å². The Bertz CT molecular complexity index is 818. The Morgan fingerprint density at radius 1 is 1.10 bits per heavy atom. The third-order valence-corrected chi connectivity index (χ3v) is 4.44. The number of aromatic nitrogens is 1. The zero-order chi connectivity index (χ0) is 22.3. The second-order valence-corrected chi connectivity index (χ2v) is 7.00. The summed E-state index contributed by atoms with van der Waals surface area (Å²) in [5, 5.41) is 11.9. The monoisotopic (exact) mass is 453 g/mol. The van der Waals surface area contributed by atoms with Crippen LogP contribution in [-0.4, -0.2) is 40.6 Å². The van der Waals surface area contributed by atoms with E-state index in [1.165, 1.54) is 18.3 Å². The lowest BCUT2D eigenvalue weighted by molar-refractivity contribution is -0.133. The van der Waals surface area contributed by atoms with Crippen LogP contribution >= 0.6 is 11.9 Å². The van der Waals surface area contributed by atoms with E-state index in [-0.39, 0.29) is 24.1 Å². The Labute approximate surface area is 172 Å². The number of rotatable bonds is 9. The van der Waals surface area contributed by atoms with Crippen molar-refractivity contribution >= 4 is 17.9 Å². The number of hydrogen-bond donors (Lipinski definition) is 3. The van der Waals surface area contributed by atoms with Crippen molar-refractivity contribution in [2.75, 3.05) is 6.67 Å². The highest BCUT2D eigenvalue weighted by atomic mass is 32.2. The van der Waals surface area contributed by atoms with E-state index in [0.29, 0.717) is 16.8 Å². The molecule has 2 rings (SSSR count). The fraction of sp³-hybridized carbons (Fsp3) is 0.333. The maximum atomic E-state index is 13.1. The topological polar surface area (TPSA) is 74.2 Å². The third-order valence-electron chi connectivity index (χ3n) is 3.92. The van der Waals surface area contributed by atoms with Crippen LogP contribution in [0.5, 0.6) is 0 Å². The van der Waals surface area contributed by atoms with Gasteiger partial charge in [0.05, 0.1) is 11.7 Å². The summed E-state index contributed by atoms with van der Waals surface area (Å²) >= 11 is -0.366. The van der Waals surface area contributed by atoms with Crippen molar-refractivity contribution in [3.8, 4) is 11.1 Å². The number of aliphatic hydroxyl groups excluding tert-OH is 1. The molecule has 0 saturated carbocycles.